The number of hydrogen-bond acceptors (Lipinski definition) is 5. The summed E-state index contributed by atoms with van der Waals surface area (Å²) in [5.41, 5.74) is -2.31. The Balaban J connectivity index is 4.40. The van der Waals surface area contributed by atoms with Gasteiger partial charge in [0, 0.05) is 0 Å². The van der Waals surface area contributed by atoms with Gasteiger partial charge in [0.25, 0.3) is 0 Å². The van der Waals surface area contributed by atoms with E-state index in [2.05, 4.69) is 4.74 Å². The summed E-state index contributed by atoms with van der Waals surface area (Å²) in [5, 5.41) is 20.4. The summed E-state index contributed by atoms with van der Waals surface area (Å²) >= 11 is 5.05. The molecule has 0 aliphatic carbocycles. The van der Waals surface area contributed by atoms with Crippen LogP contribution in [0, 0.1) is 20.2 Å². The lowest BCUT2D eigenvalue weighted by molar-refractivity contribution is -0.794. The minimum Gasteiger partial charge on any atom is -0.350 e. The summed E-state index contributed by atoms with van der Waals surface area (Å²) in [6.45, 7) is 0.218. The van der Waals surface area contributed by atoms with Crippen molar-refractivity contribution in [3.63, 3.8) is 0 Å². The first-order valence-electron chi connectivity index (χ1n) is 2.88. The predicted molar refractivity (Wildman–Crippen MR) is 39.1 cm³/mol. The smallest absolute Gasteiger partial charge is 0.350 e. The Morgan fingerprint density at radius 1 is 1.42 bits per heavy atom. The Morgan fingerprint density at radius 2 is 1.83 bits per heavy atom. The lowest BCUT2D eigenvalue weighted by atomic mass is 10.2. The molecule has 0 spiro atoms. The Labute approximate surface area is 72.6 Å². The topological polar surface area (TPSA) is 95.5 Å². The molecule has 0 bridgehead atoms. The third kappa shape index (κ3) is 2.28. The van der Waals surface area contributed by atoms with Gasteiger partial charge in [-0.1, -0.05) is 11.6 Å². The van der Waals surface area contributed by atoms with Crippen molar-refractivity contribution in [2.75, 3.05) is 12.7 Å². The molecule has 0 radical (unpaired) electrons. The number of hydrogen-bond donors (Lipinski definition) is 0. The standard InChI is InChI=1S/C4H7ClN2O5/c1-4(6(8)9,7(10)11)2-12-3-5/h2-3H2,1H3. The van der Waals surface area contributed by atoms with E-state index in [9.17, 15) is 20.2 Å². The molecule has 0 aromatic heterocycles. The predicted octanol–water partition coefficient (Wildman–Crippen LogP) is 0.469. The van der Waals surface area contributed by atoms with Gasteiger partial charge in [0.1, 0.15) is 15.9 Å². The molecule has 0 aromatic rings. The Kier molecular flexibility index (Phi) is 3.84. The maximum Gasteiger partial charge on any atom is 0.478 e. The molecule has 0 fully saturated rings. The van der Waals surface area contributed by atoms with Crippen molar-refractivity contribution in [2.24, 2.45) is 0 Å². The molecule has 0 amide bonds. The van der Waals surface area contributed by atoms with Crippen LogP contribution >= 0.6 is 11.6 Å². The third-order valence-electron chi connectivity index (χ3n) is 1.24. The van der Waals surface area contributed by atoms with Crippen LogP contribution in [0.3, 0.4) is 0 Å². The van der Waals surface area contributed by atoms with Crippen molar-refractivity contribution in [2.45, 2.75) is 12.6 Å². The van der Waals surface area contributed by atoms with Crippen LogP contribution in [-0.4, -0.2) is 28.2 Å². The molecule has 0 aliphatic heterocycles. The molecule has 0 saturated heterocycles. The van der Waals surface area contributed by atoms with E-state index in [1.54, 1.807) is 0 Å². The second-order valence-electron chi connectivity index (χ2n) is 2.19. The van der Waals surface area contributed by atoms with E-state index in [4.69, 9.17) is 11.6 Å². The molecular weight excluding hydrogens is 192 g/mol. The van der Waals surface area contributed by atoms with Gasteiger partial charge in [-0.25, -0.2) is 0 Å². The van der Waals surface area contributed by atoms with Gasteiger partial charge >= 0.3 is 5.66 Å². The molecule has 70 valence electrons. The van der Waals surface area contributed by atoms with Crippen molar-refractivity contribution < 1.29 is 14.6 Å². The molecule has 0 unspecified atom stereocenters. The van der Waals surface area contributed by atoms with Gasteiger partial charge in [-0.3, -0.25) is 20.2 Å². The van der Waals surface area contributed by atoms with E-state index in [1.807, 2.05) is 0 Å². The fourth-order valence-corrected chi connectivity index (χ4v) is 0.481. The highest BCUT2D eigenvalue weighted by atomic mass is 35.5. The Hall–Kier alpha value is -0.950. The molecule has 7 nitrogen and oxygen atoms in total. The maximum absolute atomic E-state index is 10.2. The van der Waals surface area contributed by atoms with Gasteiger partial charge in [0.15, 0.2) is 6.61 Å². The zero-order chi connectivity index (χ0) is 9.78. The summed E-state index contributed by atoms with van der Waals surface area (Å²) in [6.07, 6.45) is 0. The minimum atomic E-state index is -2.31. The fourth-order valence-electron chi connectivity index (χ4n) is 0.404. The first-order chi connectivity index (χ1) is 5.45. The van der Waals surface area contributed by atoms with E-state index in [1.165, 1.54) is 0 Å². The molecule has 0 N–H and O–H groups in total. The van der Waals surface area contributed by atoms with Crippen molar-refractivity contribution >= 4 is 11.6 Å². The number of nitro groups is 2. The summed E-state index contributed by atoms with van der Waals surface area (Å²) in [5.74, 6) is 0. The lowest BCUT2D eigenvalue weighted by Crippen LogP contribution is -2.47. The van der Waals surface area contributed by atoms with E-state index in [-0.39, 0.29) is 6.07 Å². The van der Waals surface area contributed by atoms with E-state index >= 15 is 0 Å². The largest absolute Gasteiger partial charge is 0.478 e. The number of alkyl halides is 1. The first kappa shape index (κ1) is 11.1. The van der Waals surface area contributed by atoms with Crippen LogP contribution in [0.2, 0.25) is 0 Å². The maximum atomic E-state index is 10.2. The average Bonchev–Trinajstić information content (AvgIpc) is 1.99. The van der Waals surface area contributed by atoms with E-state index in [0.717, 1.165) is 6.92 Å². The number of halogens is 1. The second kappa shape index (κ2) is 4.17. The molecule has 0 atom stereocenters. The zero-order valence-electron chi connectivity index (χ0n) is 6.23. The van der Waals surface area contributed by atoms with Crippen LogP contribution in [0.5, 0.6) is 0 Å². The van der Waals surface area contributed by atoms with Gasteiger partial charge in [-0.05, 0) is 0 Å². The monoisotopic (exact) mass is 198 g/mol. The van der Waals surface area contributed by atoms with E-state index in [0.29, 0.717) is 0 Å². The molecule has 0 rings (SSSR count). The number of nitrogens with zero attached hydrogens (tertiary/aromatic N) is 2. The molecule has 0 saturated carbocycles. The van der Waals surface area contributed by atoms with Crippen LogP contribution in [0.25, 0.3) is 0 Å². The minimum absolute atomic E-state index is 0.308. The first-order valence-corrected chi connectivity index (χ1v) is 3.41. The molecular formula is C4H7ClN2O5. The van der Waals surface area contributed by atoms with Crippen molar-refractivity contribution in [3.8, 4) is 0 Å². The van der Waals surface area contributed by atoms with Crippen molar-refractivity contribution in [1.82, 2.24) is 0 Å². The fraction of sp³-hybridized carbons (Fsp3) is 1.00. The molecule has 0 heterocycles. The number of rotatable bonds is 5. The van der Waals surface area contributed by atoms with Crippen LogP contribution in [0.4, 0.5) is 0 Å². The Bertz CT molecular complexity index is 182. The van der Waals surface area contributed by atoms with Gasteiger partial charge in [-0.2, -0.15) is 0 Å². The summed E-state index contributed by atoms with van der Waals surface area (Å²) in [6, 6.07) is -0.308. The highest BCUT2D eigenvalue weighted by molar-refractivity contribution is 6.17. The van der Waals surface area contributed by atoms with Crippen LogP contribution in [-0.2, 0) is 4.74 Å². The van der Waals surface area contributed by atoms with E-state index < -0.39 is 22.1 Å². The molecule has 8 heteroatoms. The Morgan fingerprint density at radius 3 is 2.08 bits per heavy atom. The summed E-state index contributed by atoms with van der Waals surface area (Å²) in [7, 11) is 0. The lowest BCUT2D eigenvalue weighted by Gasteiger charge is -2.10. The highest BCUT2D eigenvalue weighted by Gasteiger charge is 2.50. The zero-order valence-corrected chi connectivity index (χ0v) is 6.98. The van der Waals surface area contributed by atoms with Crippen LogP contribution in [0.15, 0.2) is 0 Å². The highest BCUT2D eigenvalue weighted by Crippen LogP contribution is 2.10. The number of ether oxygens (including phenoxy) is 1. The average molecular weight is 199 g/mol. The summed E-state index contributed by atoms with van der Waals surface area (Å²) in [4.78, 5) is 18.4. The van der Waals surface area contributed by atoms with Crippen LogP contribution < -0.4 is 0 Å². The van der Waals surface area contributed by atoms with Gasteiger partial charge in [-0.15, -0.1) is 0 Å². The van der Waals surface area contributed by atoms with Gasteiger partial charge in [0.05, 0.1) is 6.92 Å². The molecule has 0 aromatic carbocycles. The van der Waals surface area contributed by atoms with Crippen LogP contribution in [0.1, 0.15) is 6.92 Å². The molecule has 0 aliphatic rings. The third-order valence-corrected chi connectivity index (χ3v) is 1.39. The van der Waals surface area contributed by atoms with Gasteiger partial charge < -0.3 is 4.74 Å². The second-order valence-corrected chi connectivity index (χ2v) is 2.41. The summed E-state index contributed by atoms with van der Waals surface area (Å²) < 4.78 is 4.40. The molecule has 12 heavy (non-hydrogen) atoms. The van der Waals surface area contributed by atoms with Crippen molar-refractivity contribution in [3.05, 3.63) is 20.2 Å². The quantitative estimate of drug-likeness (QED) is 0.277. The van der Waals surface area contributed by atoms with Crippen molar-refractivity contribution in [1.29, 1.82) is 0 Å². The SMILES string of the molecule is CC(COCCl)([N+](=O)[O-])[N+](=O)[O-]. The van der Waals surface area contributed by atoms with Gasteiger partial charge in [0.2, 0.25) is 0 Å². The normalized spacial score (nSPS) is 11.2.